The number of nitrogens with zero attached hydrogens (tertiary/aromatic N) is 1. The van der Waals surface area contributed by atoms with Crippen LogP contribution >= 0.6 is 0 Å². The average Bonchev–Trinajstić information content (AvgIpc) is 2.54. The summed E-state index contributed by atoms with van der Waals surface area (Å²) >= 11 is 0. The number of esters is 1. The third-order valence-electron chi connectivity index (χ3n) is 2.79. The number of aromatic hydroxyl groups is 1. The van der Waals surface area contributed by atoms with E-state index in [0.29, 0.717) is 16.8 Å². The Balaban J connectivity index is 1.93. The first kappa shape index (κ1) is 16.0. The number of hydrogen-bond acceptors (Lipinski definition) is 5. The maximum absolute atomic E-state index is 11.7. The molecule has 118 valence electrons. The predicted octanol–water partition coefficient (Wildman–Crippen LogP) is 2.33. The van der Waals surface area contributed by atoms with E-state index in [9.17, 15) is 14.7 Å². The van der Waals surface area contributed by atoms with Crippen molar-refractivity contribution in [1.82, 2.24) is 5.43 Å². The number of benzene rings is 2. The molecule has 2 aromatic rings. The Labute approximate surface area is 132 Å². The lowest BCUT2D eigenvalue weighted by molar-refractivity contribution is 0.0600. The van der Waals surface area contributed by atoms with E-state index >= 15 is 0 Å². The SMILES string of the molecule is COC(=O)c1cccc(NC(=O)N/N=C\c2cccc(O)c2)c1. The molecule has 0 bridgehead atoms. The molecule has 2 rings (SSSR count). The maximum Gasteiger partial charge on any atom is 0.339 e. The summed E-state index contributed by atoms with van der Waals surface area (Å²) < 4.78 is 4.61. The second-order valence-corrected chi connectivity index (χ2v) is 4.49. The van der Waals surface area contributed by atoms with Crippen LogP contribution in [0, 0.1) is 0 Å². The monoisotopic (exact) mass is 313 g/mol. The number of carbonyl (C=O) groups excluding carboxylic acids is 2. The second kappa shape index (κ2) is 7.60. The second-order valence-electron chi connectivity index (χ2n) is 4.49. The molecule has 0 radical (unpaired) electrons. The molecule has 0 atom stereocenters. The van der Waals surface area contributed by atoms with Crippen molar-refractivity contribution in [3.8, 4) is 5.75 Å². The maximum atomic E-state index is 11.7. The molecule has 23 heavy (non-hydrogen) atoms. The summed E-state index contributed by atoms with van der Waals surface area (Å²) in [7, 11) is 1.28. The molecule has 0 saturated carbocycles. The van der Waals surface area contributed by atoms with Crippen LogP contribution in [0.1, 0.15) is 15.9 Å². The van der Waals surface area contributed by atoms with Crippen molar-refractivity contribution in [2.45, 2.75) is 0 Å². The van der Waals surface area contributed by atoms with Gasteiger partial charge in [0.05, 0.1) is 18.9 Å². The first-order chi connectivity index (χ1) is 11.1. The number of rotatable bonds is 4. The Morgan fingerprint density at radius 3 is 2.70 bits per heavy atom. The van der Waals surface area contributed by atoms with E-state index in [-0.39, 0.29) is 5.75 Å². The van der Waals surface area contributed by atoms with Crippen LogP contribution in [-0.2, 0) is 4.74 Å². The molecule has 0 aliphatic carbocycles. The molecule has 3 N–H and O–H groups in total. The standard InChI is InChI=1S/C16H15N3O4/c1-23-15(21)12-5-3-6-13(9-12)18-16(22)19-17-10-11-4-2-7-14(20)8-11/h2-10,20H,1H3,(H2,18,19,22)/b17-10-. The Kier molecular flexibility index (Phi) is 5.30. The molecule has 0 aliphatic heterocycles. The van der Waals surface area contributed by atoms with Gasteiger partial charge >= 0.3 is 12.0 Å². The summed E-state index contributed by atoms with van der Waals surface area (Å²) in [5.41, 5.74) is 3.68. The number of carbonyl (C=O) groups is 2. The fourth-order valence-corrected chi connectivity index (χ4v) is 1.77. The van der Waals surface area contributed by atoms with Gasteiger partial charge in [0, 0.05) is 5.69 Å². The van der Waals surface area contributed by atoms with Gasteiger partial charge in [-0.2, -0.15) is 5.10 Å². The zero-order chi connectivity index (χ0) is 16.7. The van der Waals surface area contributed by atoms with Crippen LogP contribution < -0.4 is 10.7 Å². The third-order valence-corrected chi connectivity index (χ3v) is 2.79. The van der Waals surface area contributed by atoms with Gasteiger partial charge in [0.25, 0.3) is 0 Å². The van der Waals surface area contributed by atoms with Crippen molar-refractivity contribution in [1.29, 1.82) is 0 Å². The molecule has 0 heterocycles. The van der Waals surface area contributed by atoms with Gasteiger partial charge in [0.2, 0.25) is 0 Å². The summed E-state index contributed by atoms with van der Waals surface area (Å²) in [5, 5.41) is 15.6. The molecule has 0 unspecified atom stereocenters. The highest BCUT2D eigenvalue weighted by atomic mass is 16.5. The minimum atomic E-state index is -0.566. The van der Waals surface area contributed by atoms with E-state index in [4.69, 9.17) is 0 Å². The quantitative estimate of drug-likeness (QED) is 0.458. The largest absolute Gasteiger partial charge is 0.508 e. The number of amides is 2. The summed E-state index contributed by atoms with van der Waals surface area (Å²) in [6.45, 7) is 0. The van der Waals surface area contributed by atoms with Gasteiger partial charge in [-0.1, -0.05) is 18.2 Å². The Hall–Kier alpha value is -3.35. The molecule has 0 spiro atoms. The molecule has 7 heteroatoms. The van der Waals surface area contributed by atoms with E-state index in [1.165, 1.54) is 31.5 Å². The Bertz CT molecular complexity index is 744. The lowest BCUT2D eigenvalue weighted by Crippen LogP contribution is -2.24. The molecular formula is C16H15N3O4. The number of phenols is 1. The molecule has 7 nitrogen and oxygen atoms in total. The Morgan fingerprint density at radius 2 is 1.96 bits per heavy atom. The zero-order valence-electron chi connectivity index (χ0n) is 12.3. The Morgan fingerprint density at radius 1 is 1.17 bits per heavy atom. The summed E-state index contributed by atoms with van der Waals surface area (Å²) in [4.78, 5) is 23.1. The minimum Gasteiger partial charge on any atom is -0.508 e. The number of hydrazone groups is 1. The third kappa shape index (κ3) is 4.85. The lowest BCUT2D eigenvalue weighted by Gasteiger charge is -2.05. The molecule has 0 saturated heterocycles. The van der Waals surface area contributed by atoms with E-state index in [2.05, 4.69) is 20.6 Å². The number of anilines is 1. The number of urea groups is 1. The molecule has 2 amide bonds. The van der Waals surface area contributed by atoms with Crippen LogP contribution in [0.2, 0.25) is 0 Å². The van der Waals surface area contributed by atoms with Crippen LogP contribution in [0.15, 0.2) is 53.6 Å². The van der Waals surface area contributed by atoms with Crippen LogP contribution in [0.4, 0.5) is 10.5 Å². The van der Waals surface area contributed by atoms with Crippen LogP contribution in [0.3, 0.4) is 0 Å². The van der Waals surface area contributed by atoms with Gasteiger partial charge in [-0.3, -0.25) is 0 Å². The normalized spacial score (nSPS) is 10.3. The van der Waals surface area contributed by atoms with Gasteiger partial charge in [-0.05, 0) is 35.9 Å². The topological polar surface area (TPSA) is 100 Å². The number of phenolic OH excluding ortho intramolecular Hbond substituents is 1. The van der Waals surface area contributed by atoms with E-state index in [1.807, 2.05) is 0 Å². The average molecular weight is 313 g/mol. The highest BCUT2D eigenvalue weighted by Crippen LogP contribution is 2.11. The number of ether oxygens (including phenoxy) is 1. The van der Waals surface area contributed by atoms with Crippen LogP contribution in [-0.4, -0.2) is 30.4 Å². The van der Waals surface area contributed by atoms with Crippen LogP contribution in [0.25, 0.3) is 0 Å². The number of methoxy groups -OCH3 is 1. The molecule has 0 aliphatic rings. The fourth-order valence-electron chi connectivity index (χ4n) is 1.77. The number of nitrogens with one attached hydrogen (secondary N) is 2. The van der Waals surface area contributed by atoms with E-state index in [0.717, 1.165) is 0 Å². The van der Waals surface area contributed by atoms with E-state index < -0.39 is 12.0 Å². The first-order valence-electron chi connectivity index (χ1n) is 6.66. The molecule has 0 fully saturated rings. The van der Waals surface area contributed by atoms with Gasteiger partial charge in [0.1, 0.15) is 5.75 Å². The van der Waals surface area contributed by atoms with Gasteiger partial charge < -0.3 is 15.2 Å². The van der Waals surface area contributed by atoms with Gasteiger partial charge in [-0.15, -0.1) is 0 Å². The van der Waals surface area contributed by atoms with Crippen molar-refractivity contribution >= 4 is 23.9 Å². The lowest BCUT2D eigenvalue weighted by atomic mass is 10.2. The van der Waals surface area contributed by atoms with Crippen molar-refractivity contribution in [3.05, 3.63) is 59.7 Å². The van der Waals surface area contributed by atoms with E-state index in [1.54, 1.807) is 30.3 Å². The summed E-state index contributed by atoms with van der Waals surface area (Å²) in [6, 6.07) is 12.2. The first-order valence-corrected chi connectivity index (χ1v) is 6.66. The highest BCUT2D eigenvalue weighted by molar-refractivity contribution is 5.94. The smallest absolute Gasteiger partial charge is 0.339 e. The molecule has 2 aromatic carbocycles. The predicted molar refractivity (Wildman–Crippen MR) is 85.6 cm³/mol. The minimum absolute atomic E-state index is 0.109. The highest BCUT2D eigenvalue weighted by Gasteiger charge is 2.07. The zero-order valence-corrected chi connectivity index (χ0v) is 12.3. The van der Waals surface area contributed by atoms with Crippen molar-refractivity contribution in [3.63, 3.8) is 0 Å². The molecular weight excluding hydrogens is 298 g/mol. The summed E-state index contributed by atoms with van der Waals surface area (Å²) in [6.07, 6.45) is 1.39. The summed E-state index contributed by atoms with van der Waals surface area (Å²) in [5.74, 6) is -0.381. The molecule has 0 aromatic heterocycles. The van der Waals surface area contributed by atoms with Crippen molar-refractivity contribution in [2.24, 2.45) is 5.10 Å². The van der Waals surface area contributed by atoms with Crippen molar-refractivity contribution in [2.75, 3.05) is 12.4 Å². The fraction of sp³-hybridized carbons (Fsp3) is 0.0625. The van der Waals surface area contributed by atoms with Crippen molar-refractivity contribution < 1.29 is 19.4 Å². The van der Waals surface area contributed by atoms with Crippen LogP contribution in [0.5, 0.6) is 5.75 Å². The van der Waals surface area contributed by atoms with Gasteiger partial charge in [0.15, 0.2) is 0 Å². The number of hydrogen-bond donors (Lipinski definition) is 3. The van der Waals surface area contributed by atoms with Gasteiger partial charge in [-0.25, -0.2) is 15.0 Å².